The number of benzene rings is 2. The van der Waals surface area contributed by atoms with Crippen LogP contribution in [0.1, 0.15) is 34.3 Å². The van der Waals surface area contributed by atoms with E-state index < -0.39 is 0 Å². The van der Waals surface area contributed by atoms with Crippen LogP contribution < -0.4 is 0 Å². The third kappa shape index (κ3) is 3.66. The molecule has 0 radical (unpaired) electrons. The van der Waals surface area contributed by atoms with Crippen molar-refractivity contribution >= 4 is 28.8 Å². The van der Waals surface area contributed by atoms with E-state index >= 15 is 0 Å². The SMILES string of the molecule is CSN1CCN(C(=O)c2cnc3ccc(C)cc3c2-c2ccc(C3(C#N)CC3)cc2)CC1. The molecule has 2 fully saturated rings. The number of nitrogens with zero attached hydrogens (tertiary/aromatic N) is 4. The van der Waals surface area contributed by atoms with E-state index in [0.717, 1.165) is 59.1 Å². The highest BCUT2D eigenvalue weighted by molar-refractivity contribution is 7.96. The maximum Gasteiger partial charge on any atom is 0.256 e. The number of piperazine rings is 1. The van der Waals surface area contributed by atoms with Crippen molar-refractivity contribution in [1.82, 2.24) is 14.2 Å². The number of pyridine rings is 1. The normalized spacial score (nSPS) is 17.8. The highest BCUT2D eigenvalue weighted by Gasteiger charge is 2.44. The molecule has 32 heavy (non-hydrogen) atoms. The first-order valence-corrected chi connectivity index (χ1v) is 12.2. The second-order valence-corrected chi connectivity index (χ2v) is 9.62. The lowest BCUT2D eigenvalue weighted by Gasteiger charge is -2.33. The van der Waals surface area contributed by atoms with E-state index in [1.165, 1.54) is 0 Å². The predicted molar refractivity (Wildman–Crippen MR) is 129 cm³/mol. The van der Waals surface area contributed by atoms with Gasteiger partial charge in [-0.3, -0.25) is 9.78 Å². The van der Waals surface area contributed by atoms with Gasteiger partial charge in [0.1, 0.15) is 0 Å². The number of hydrogen-bond donors (Lipinski definition) is 0. The van der Waals surface area contributed by atoms with Crippen molar-refractivity contribution in [2.75, 3.05) is 32.4 Å². The first-order valence-electron chi connectivity index (χ1n) is 11.0. The molecule has 5 nitrogen and oxygen atoms in total. The lowest BCUT2D eigenvalue weighted by atomic mass is 9.91. The van der Waals surface area contributed by atoms with Crippen LogP contribution in [-0.2, 0) is 5.41 Å². The van der Waals surface area contributed by atoms with E-state index in [1.807, 2.05) is 11.0 Å². The van der Waals surface area contributed by atoms with Crippen molar-refractivity contribution in [3.05, 3.63) is 65.4 Å². The zero-order valence-corrected chi connectivity index (χ0v) is 19.3. The van der Waals surface area contributed by atoms with Crippen LogP contribution in [0.4, 0.5) is 0 Å². The molecule has 162 valence electrons. The minimum atomic E-state index is -0.314. The second-order valence-electron chi connectivity index (χ2n) is 8.74. The molecule has 0 atom stereocenters. The maximum absolute atomic E-state index is 13.6. The number of aryl methyl sites for hydroxylation is 1. The molecule has 1 aliphatic heterocycles. The van der Waals surface area contributed by atoms with Crippen LogP contribution in [0.2, 0.25) is 0 Å². The fourth-order valence-corrected chi connectivity index (χ4v) is 5.10. The van der Waals surface area contributed by atoms with Gasteiger partial charge < -0.3 is 4.90 Å². The van der Waals surface area contributed by atoms with Crippen LogP contribution in [-0.4, -0.2) is 52.5 Å². The molecular weight excluding hydrogens is 416 g/mol. The van der Waals surface area contributed by atoms with Gasteiger partial charge in [-0.15, -0.1) is 0 Å². The number of fused-ring (bicyclic) bond motifs is 1. The summed E-state index contributed by atoms with van der Waals surface area (Å²) in [5, 5.41) is 10.5. The molecule has 3 aromatic rings. The van der Waals surface area contributed by atoms with E-state index in [0.29, 0.717) is 18.7 Å². The fraction of sp³-hybridized carbons (Fsp3) is 0.346. The molecule has 1 aromatic heterocycles. The minimum absolute atomic E-state index is 0.0384. The molecule has 2 aliphatic rings. The summed E-state index contributed by atoms with van der Waals surface area (Å²) >= 11 is 1.73. The molecule has 6 heteroatoms. The molecule has 2 aromatic carbocycles. The lowest BCUT2D eigenvalue weighted by Crippen LogP contribution is -2.46. The Kier molecular flexibility index (Phi) is 5.40. The number of nitriles is 1. The van der Waals surface area contributed by atoms with Gasteiger partial charge in [-0.25, -0.2) is 4.31 Å². The summed E-state index contributed by atoms with van der Waals surface area (Å²) in [4.78, 5) is 20.2. The van der Waals surface area contributed by atoms with Gasteiger partial charge in [-0.1, -0.05) is 47.8 Å². The standard InChI is InChI=1S/C26H26N4OS/c1-18-3-8-23-21(15-18)24(19-4-6-20(7-5-19)26(17-27)9-10-26)22(16-28-23)25(31)29-11-13-30(32-2)14-12-29/h3-8,15-16H,9-14H2,1-2H3. The highest BCUT2D eigenvalue weighted by atomic mass is 32.2. The molecule has 1 saturated heterocycles. The minimum Gasteiger partial charge on any atom is -0.336 e. The van der Waals surface area contributed by atoms with Gasteiger partial charge in [-0.2, -0.15) is 5.26 Å². The molecule has 1 saturated carbocycles. The summed E-state index contributed by atoms with van der Waals surface area (Å²) in [7, 11) is 0. The van der Waals surface area contributed by atoms with Gasteiger partial charge in [0.15, 0.2) is 0 Å². The fourth-order valence-electron chi connectivity index (χ4n) is 4.57. The van der Waals surface area contributed by atoms with E-state index in [-0.39, 0.29) is 11.3 Å². The first-order chi connectivity index (χ1) is 15.5. The molecule has 0 N–H and O–H groups in total. The largest absolute Gasteiger partial charge is 0.336 e. The zero-order valence-electron chi connectivity index (χ0n) is 18.5. The first kappa shape index (κ1) is 21.0. The van der Waals surface area contributed by atoms with Crippen LogP contribution >= 0.6 is 11.9 Å². The van der Waals surface area contributed by atoms with Gasteiger partial charge in [0, 0.05) is 43.3 Å². The van der Waals surface area contributed by atoms with E-state index in [9.17, 15) is 10.1 Å². The molecule has 5 rings (SSSR count). The van der Waals surface area contributed by atoms with Crippen molar-refractivity contribution < 1.29 is 4.79 Å². The van der Waals surface area contributed by atoms with Crippen LogP contribution in [0.25, 0.3) is 22.0 Å². The van der Waals surface area contributed by atoms with Crippen molar-refractivity contribution in [2.24, 2.45) is 0 Å². The third-order valence-electron chi connectivity index (χ3n) is 6.73. The molecule has 1 amide bonds. The Hall–Kier alpha value is -2.88. The summed E-state index contributed by atoms with van der Waals surface area (Å²) in [6.07, 6.45) is 5.66. The van der Waals surface area contributed by atoms with Gasteiger partial charge in [0.05, 0.1) is 22.6 Å². The van der Waals surface area contributed by atoms with Gasteiger partial charge in [-0.05, 0) is 49.3 Å². The number of carbonyl (C=O) groups is 1. The maximum atomic E-state index is 13.6. The molecule has 2 heterocycles. The Morgan fingerprint density at radius 1 is 1.09 bits per heavy atom. The summed E-state index contributed by atoms with van der Waals surface area (Å²) < 4.78 is 2.29. The van der Waals surface area contributed by atoms with Crippen molar-refractivity contribution in [3.8, 4) is 17.2 Å². The average molecular weight is 443 g/mol. The van der Waals surface area contributed by atoms with Crippen molar-refractivity contribution in [2.45, 2.75) is 25.2 Å². The van der Waals surface area contributed by atoms with Gasteiger partial charge in [0.2, 0.25) is 0 Å². The average Bonchev–Trinajstić information content (AvgIpc) is 3.64. The number of amides is 1. The number of aromatic nitrogens is 1. The van der Waals surface area contributed by atoms with E-state index in [4.69, 9.17) is 0 Å². The topological polar surface area (TPSA) is 60.2 Å². The highest BCUT2D eigenvalue weighted by Crippen LogP contribution is 2.48. The Morgan fingerprint density at radius 3 is 2.44 bits per heavy atom. The molecular formula is C26H26N4OS. The Balaban J connectivity index is 1.59. The van der Waals surface area contributed by atoms with Crippen LogP contribution in [0.3, 0.4) is 0 Å². The van der Waals surface area contributed by atoms with Crippen molar-refractivity contribution in [1.29, 1.82) is 5.26 Å². The smallest absolute Gasteiger partial charge is 0.256 e. The molecule has 1 aliphatic carbocycles. The van der Waals surface area contributed by atoms with E-state index in [1.54, 1.807) is 18.1 Å². The Labute approximate surface area is 193 Å². The van der Waals surface area contributed by atoms with E-state index in [2.05, 4.69) is 64.9 Å². The van der Waals surface area contributed by atoms with Crippen LogP contribution in [0, 0.1) is 18.3 Å². The van der Waals surface area contributed by atoms with Crippen LogP contribution in [0.5, 0.6) is 0 Å². The molecule has 0 spiro atoms. The summed E-state index contributed by atoms with van der Waals surface area (Å²) in [6, 6.07) is 16.9. The zero-order chi connectivity index (χ0) is 22.3. The monoisotopic (exact) mass is 442 g/mol. The van der Waals surface area contributed by atoms with Gasteiger partial charge in [0.25, 0.3) is 5.91 Å². The number of hydrogen-bond acceptors (Lipinski definition) is 5. The number of carbonyl (C=O) groups excluding carboxylic acids is 1. The molecule has 0 unspecified atom stereocenters. The summed E-state index contributed by atoms with van der Waals surface area (Å²) in [5.74, 6) is 0.0384. The second kappa shape index (κ2) is 8.23. The predicted octanol–water partition coefficient (Wildman–Crippen LogP) is 4.80. The third-order valence-corrected chi connectivity index (χ3v) is 7.61. The van der Waals surface area contributed by atoms with Gasteiger partial charge >= 0.3 is 0 Å². The Bertz CT molecular complexity index is 1220. The summed E-state index contributed by atoms with van der Waals surface area (Å²) in [6.45, 7) is 5.23. The van der Waals surface area contributed by atoms with Crippen molar-refractivity contribution in [3.63, 3.8) is 0 Å². The Morgan fingerprint density at radius 2 is 1.81 bits per heavy atom. The number of rotatable bonds is 4. The quantitative estimate of drug-likeness (QED) is 0.543. The van der Waals surface area contributed by atoms with Crippen LogP contribution in [0.15, 0.2) is 48.7 Å². The summed E-state index contributed by atoms with van der Waals surface area (Å²) in [5.41, 5.74) is 5.35. The lowest BCUT2D eigenvalue weighted by molar-refractivity contribution is 0.0704. The molecule has 0 bridgehead atoms.